The largest absolute Gasteiger partial charge is 0.401 e. The number of alkyl halides is 3. The van der Waals surface area contributed by atoms with Gasteiger partial charge in [-0.05, 0) is 44.7 Å². The van der Waals surface area contributed by atoms with E-state index < -0.39 is 12.7 Å². The van der Waals surface area contributed by atoms with Gasteiger partial charge in [-0.1, -0.05) is 6.92 Å². The first kappa shape index (κ1) is 18.1. The van der Waals surface area contributed by atoms with E-state index in [-0.39, 0.29) is 0 Å². The summed E-state index contributed by atoms with van der Waals surface area (Å²) in [6.07, 6.45) is -0.367. The lowest BCUT2D eigenvalue weighted by Gasteiger charge is -2.32. The van der Waals surface area contributed by atoms with Crippen LogP contribution in [0.25, 0.3) is 0 Å². The molecule has 1 aliphatic rings. The van der Waals surface area contributed by atoms with Crippen LogP contribution in [-0.2, 0) is 0 Å². The van der Waals surface area contributed by atoms with Crippen molar-refractivity contribution in [2.24, 2.45) is 10.9 Å². The second-order valence-corrected chi connectivity index (χ2v) is 5.55. The Labute approximate surface area is 125 Å². The Morgan fingerprint density at radius 3 is 2.33 bits per heavy atom. The third-order valence-corrected chi connectivity index (χ3v) is 3.72. The van der Waals surface area contributed by atoms with Gasteiger partial charge in [0.2, 0.25) is 0 Å². The number of likely N-dealkylation sites (tertiary alicyclic amines) is 1. The second kappa shape index (κ2) is 9.12. The van der Waals surface area contributed by atoms with Crippen molar-refractivity contribution in [3.8, 4) is 0 Å². The van der Waals surface area contributed by atoms with Crippen LogP contribution in [0.15, 0.2) is 4.99 Å². The Morgan fingerprint density at radius 1 is 1.19 bits per heavy atom. The normalized spacial score (nSPS) is 18.8. The topological polar surface area (TPSA) is 39.7 Å². The standard InChI is InChI=1S/C14H27F3N4/c1-3-7-19-13(18-2)20-8-4-12-5-9-21(10-6-12)11-14(15,16)17/h12H,3-11H2,1-2H3,(H2,18,19,20). The van der Waals surface area contributed by atoms with Crippen LogP contribution in [0.2, 0.25) is 0 Å². The lowest BCUT2D eigenvalue weighted by Crippen LogP contribution is -2.41. The van der Waals surface area contributed by atoms with Crippen molar-refractivity contribution in [3.05, 3.63) is 0 Å². The second-order valence-electron chi connectivity index (χ2n) is 5.55. The van der Waals surface area contributed by atoms with Gasteiger partial charge < -0.3 is 10.6 Å². The van der Waals surface area contributed by atoms with E-state index in [0.717, 1.165) is 44.7 Å². The fourth-order valence-corrected chi connectivity index (χ4v) is 2.55. The molecule has 124 valence electrons. The molecule has 0 amide bonds. The first-order chi connectivity index (χ1) is 9.94. The van der Waals surface area contributed by atoms with Crippen molar-refractivity contribution < 1.29 is 13.2 Å². The average molecular weight is 308 g/mol. The molecule has 1 aliphatic heterocycles. The summed E-state index contributed by atoms with van der Waals surface area (Å²) in [7, 11) is 1.74. The zero-order valence-electron chi connectivity index (χ0n) is 13.0. The number of hydrogen-bond acceptors (Lipinski definition) is 2. The van der Waals surface area contributed by atoms with E-state index in [0.29, 0.717) is 19.0 Å². The van der Waals surface area contributed by atoms with Crippen LogP contribution in [0, 0.1) is 5.92 Å². The fourth-order valence-electron chi connectivity index (χ4n) is 2.55. The molecular formula is C14H27F3N4. The predicted molar refractivity (Wildman–Crippen MR) is 79.5 cm³/mol. The summed E-state index contributed by atoms with van der Waals surface area (Å²) in [5.41, 5.74) is 0. The minimum Gasteiger partial charge on any atom is -0.356 e. The quantitative estimate of drug-likeness (QED) is 0.584. The van der Waals surface area contributed by atoms with Gasteiger partial charge in [-0.25, -0.2) is 0 Å². The van der Waals surface area contributed by atoms with E-state index in [1.165, 1.54) is 4.90 Å². The van der Waals surface area contributed by atoms with E-state index >= 15 is 0 Å². The molecule has 0 unspecified atom stereocenters. The zero-order valence-corrected chi connectivity index (χ0v) is 13.0. The van der Waals surface area contributed by atoms with E-state index in [1.54, 1.807) is 7.05 Å². The van der Waals surface area contributed by atoms with E-state index in [1.807, 2.05) is 0 Å². The van der Waals surface area contributed by atoms with Gasteiger partial charge in [0.1, 0.15) is 0 Å². The number of guanidine groups is 1. The van der Waals surface area contributed by atoms with Gasteiger partial charge in [-0.3, -0.25) is 9.89 Å². The molecule has 0 bridgehead atoms. The molecular weight excluding hydrogens is 281 g/mol. The van der Waals surface area contributed by atoms with Crippen molar-refractivity contribution >= 4 is 5.96 Å². The maximum Gasteiger partial charge on any atom is 0.401 e. The predicted octanol–water partition coefficient (Wildman–Crippen LogP) is 2.23. The van der Waals surface area contributed by atoms with Gasteiger partial charge in [0.25, 0.3) is 0 Å². The van der Waals surface area contributed by atoms with Gasteiger partial charge in [-0.2, -0.15) is 13.2 Å². The van der Waals surface area contributed by atoms with Crippen LogP contribution in [0.1, 0.15) is 32.6 Å². The molecule has 0 saturated carbocycles. The summed E-state index contributed by atoms with van der Waals surface area (Å²) in [6, 6.07) is 0. The van der Waals surface area contributed by atoms with Crippen molar-refractivity contribution in [1.29, 1.82) is 0 Å². The summed E-state index contributed by atoms with van der Waals surface area (Å²) in [5.74, 6) is 1.30. The number of aliphatic imine (C=N–C) groups is 1. The highest BCUT2D eigenvalue weighted by molar-refractivity contribution is 5.79. The van der Waals surface area contributed by atoms with Crippen LogP contribution in [0.3, 0.4) is 0 Å². The maximum atomic E-state index is 12.3. The Balaban J connectivity index is 2.15. The lowest BCUT2D eigenvalue weighted by atomic mass is 9.93. The molecule has 0 atom stereocenters. The summed E-state index contributed by atoms with van der Waals surface area (Å²) in [6.45, 7) is 4.11. The molecule has 0 aromatic carbocycles. The highest BCUT2D eigenvalue weighted by atomic mass is 19.4. The van der Waals surface area contributed by atoms with Crippen LogP contribution < -0.4 is 10.6 Å². The average Bonchev–Trinajstić information content (AvgIpc) is 2.43. The molecule has 0 aromatic heterocycles. The van der Waals surface area contributed by atoms with Crippen molar-refractivity contribution in [2.75, 3.05) is 39.8 Å². The molecule has 21 heavy (non-hydrogen) atoms. The Hall–Kier alpha value is -0.980. The highest BCUT2D eigenvalue weighted by Crippen LogP contribution is 2.23. The Bertz CT molecular complexity index is 310. The smallest absolute Gasteiger partial charge is 0.356 e. The van der Waals surface area contributed by atoms with Crippen LogP contribution in [-0.4, -0.2) is 56.8 Å². The Morgan fingerprint density at radius 2 is 1.81 bits per heavy atom. The number of halogens is 3. The number of nitrogens with zero attached hydrogens (tertiary/aromatic N) is 2. The molecule has 4 nitrogen and oxygen atoms in total. The van der Waals surface area contributed by atoms with E-state index in [4.69, 9.17) is 0 Å². The number of rotatable bonds is 6. The first-order valence-corrected chi connectivity index (χ1v) is 7.68. The number of hydrogen-bond donors (Lipinski definition) is 2. The van der Waals surface area contributed by atoms with Gasteiger partial charge >= 0.3 is 6.18 Å². The third kappa shape index (κ3) is 8.14. The summed E-state index contributed by atoms with van der Waals surface area (Å²) < 4.78 is 36.9. The molecule has 0 spiro atoms. The molecule has 7 heteroatoms. The molecule has 0 radical (unpaired) electrons. The Kier molecular flexibility index (Phi) is 7.85. The number of nitrogens with one attached hydrogen (secondary N) is 2. The zero-order chi connectivity index (χ0) is 15.7. The first-order valence-electron chi connectivity index (χ1n) is 7.68. The molecule has 1 rings (SSSR count). The monoisotopic (exact) mass is 308 g/mol. The van der Waals surface area contributed by atoms with Gasteiger partial charge in [0.15, 0.2) is 5.96 Å². The van der Waals surface area contributed by atoms with Crippen LogP contribution >= 0.6 is 0 Å². The van der Waals surface area contributed by atoms with Crippen molar-refractivity contribution in [1.82, 2.24) is 15.5 Å². The van der Waals surface area contributed by atoms with Gasteiger partial charge in [-0.15, -0.1) is 0 Å². The molecule has 1 fully saturated rings. The third-order valence-electron chi connectivity index (χ3n) is 3.72. The minimum atomic E-state index is -4.08. The molecule has 2 N–H and O–H groups in total. The van der Waals surface area contributed by atoms with E-state index in [2.05, 4.69) is 22.5 Å². The van der Waals surface area contributed by atoms with Crippen molar-refractivity contribution in [2.45, 2.75) is 38.8 Å². The van der Waals surface area contributed by atoms with Gasteiger partial charge in [0.05, 0.1) is 6.54 Å². The van der Waals surface area contributed by atoms with Gasteiger partial charge in [0, 0.05) is 20.1 Å². The summed E-state index contributed by atoms with van der Waals surface area (Å²) in [4.78, 5) is 5.63. The minimum absolute atomic E-state index is 0.506. The summed E-state index contributed by atoms with van der Waals surface area (Å²) in [5, 5.41) is 6.44. The molecule has 1 heterocycles. The maximum absolute atomic E-state index is 12.3. The number of piperidine rings is 1. The fraction of sp³-hybridized carbons (Fsp3) is 0.929. The lowest BCUT2D eigenvalue weighted by molar-refractivity contribution is -0.148. The highest BCUT2D eigenvalue weighted by Gasteiger charge is 2.32. The van der Waals surface area contributed by atoms with E-state index in [9.17, 15) is 13.2 Å². The van der Waals surface area contributed by atoms with Crippen LogP contribution in [0.4, 0.5) is 13.2 Å². The molecule has 1 saturated heterocycles. The van der Waals surface area contributed by atoms with Crippen LogP contribution in [0.5, 0.6) is 0 Å². The SMILES string of the molecule is CCCNC(=NC)NCCC1CCN(CC(F)(F)F)CC1. The summed E-state index contributed by atoms with van der Waals surface area (Å²) >= 11 is 0. The van der Waals surface area contributed by atoms with Crippen molar-refractivity contribution in [3.63, 3.8) is 0 Å². The molecule has 0 aliphatic carbocycles. The molecule has 0 aromatic rings.